The Morgan fingerprint density at radius 1 is 1.00 bits per heavy atom. The smallest absolute Gasteiger partial charge is 0.240 e. The summed E-state index contributed by atoms with van der Waals surface area (Å²) >= 11 is 6.17. The van der Waals surface area contributed by atoms with Gasteiger partial charge < -0.3 is 15.3 Å². The summed E-state index contributed by atoms with van der Waals surface area (Å²) in [4.78, 5) is 11.2. The Balaban J connectivity index is 1.29. The van der Waals surface area contributed by atoms with Crippen LogP contribution >= 0.6 is 11.6 Å². The van der Waals surface area contributed by atoms with Gasteiger partial charge in [-0.1, -0.05) is 11.6 Å². The number of hydrogen-bond acceptors (Lipinski definition) is 7. The number of phenols is 1. The number of aromatic nitrogens is 2. The van der Waals surface area contributed by atoms with Gasteiger partial charge in [-0.05, 0) is 92.4 Å². The van der Waals surface area contributed by atoms with Gasteiger partial charge in [0.2, 0.25) is 16.0 Å². The number of phenolic OH excluding ortho intramolecular Hbond substituents is 1. The van der Waals surface area contributed by atoms with E-state index in [4.69, 9.17) is 11.6 Å². The van der Waals surface area contributed by atoms with Crippen molar-refractivity contribution in [3.63, 3.8) is 0 Å². The zero-order valence-electron chi connectivity index (χ0n) is 18.7. The van der Waals surface area contributed by atoms with E-state index in [0.29, 0.717) is 36.0 Å². The highest BCUT2D eigenvalue weighted by Gasteiger charge is 2.16. The first-order valence-corrected chi connectivity index (χ1v) is 13.1. The Bertz CT molecular complexity index is 1200. The minimum Gasteiger partial charge on any atom is -0.508 e. The van der Waals surface area contributed by atoms with Gasteiger partial charge in [0.25, 0.3) is 0 Å². The van der Waals surface area contributed by atoms with Gasteiger partial charge in [0.05, 0.1) is 4.90 Å². The molecule has 0 saturated carbocycles. The lowest BCUT2D eigenvalue weighted by molar-refractivity contribution is 0.344. The van der Waals surface area contributed by atoms with Crippen molar-refractivity contribution < 1.29 is 13.5 Å². The van der Waals surface area contributed by atoms with Crippen molar-refractivity contribution in [3.8, 4) is 5.75 Å². The molecule has 1 fully saturated rings. The molecular formula is C24H28ClN5O3S. The second-order valence-corrected chi connectivity index (χ2v) is 10.5. The van der Waals surface area contributed by atoms with Gasteiger partial charge in [-0.25, -0.2) is 23.1 Å². The van der Waals surface area contributed by atoms with Crippen LogP contribution in [0.15, 0.2) is 59.8 Å². The van der Waals surface area contributed by atoms with Crippen molar-refractivity contribution in [2.45, 2.75) is 30.6 Å². The Kier molecular flexibility index (Phi) is 7.99. The maximum atomic E-state index is 12.5. The molecule has 2 aromatic carbocycles. The average molecular weight is 502 g/mol. The molecule has 1 aromatic heterocycles. The maximum Gasteiger partial charge on any atom is 0.240 e. The SMILES string of the molecule is O=S(=O)(NCCN1CCCC1)c1ccc(Nc2ncc(CCc3cc(O)ccc3Cl)cn2)cc1. The maximum absolute atomic E-state index is 12.5. The molecule has 34 heavy (non-hydrogen) atoms. The molecule has 10 heteroatoms. The summed E-state index contributed by atoms with van der Waals surface area (Å²) in [5, 5.41) is 13.3. The van der Waals surface area contributed by atoms with E-state index in [2.05, 4.69) is 24.9 Å². The van der Waals surface area contributed by atoms with Crippen LogP contribution in [0.2, 0.25) is 5.02 Å². The molecule has 0 spiro atoms. The van der Waals surface area contributed by atoms with Crippen molar-refractivity contribution in [2.75, 3.05) is 31.5 Å². The molecule has 0 amide bonds. The Morgan fingerprint density at radius 2 is 1.71 bits per heavy atom. The summed E-state index contributed by atoms with van der Waals surface area (Å²) in [5.74, 6) is 0.602. The molecule has 180 valence electrons. The number of likely N-dealkylation sites (tertiary alicyclic amines) is 1. The van der Waals surface area contributed by atoms with Crippen LogP contribution in [0.4, 0.5) is 11.6 Å². The fraction of sp³-hybridized carbons (Fsp3) is 0.333. The number of nitrogens with one attached hydrogen (secondary N) is 2. The molecule has 0 aliphatic carbocycles. The highest BCUT2D eigenvalue weighted by Crippen LogP contribution is 2.23. The van der Waals surface area contributed by atoms with Crippen LogP contribution in [0.1, 0.15) is 24.0 Å². The molecule has 8 nitrogen and oxygen atoms in total. The quantitative estimate of drug-likeness (QED) is 0.388. The summed E-state index contributed by atoms with van der Waals surface area (Å²) in [5.41, 5.74) is 2.49. The largest absolute Gasteiger partial charge is 0.508 e. The number of halogens is 1. The Labute approximate surface area is 205 Å². The highest BCUT2D eigenvalue weighted by atomic mass is 35.5. The van der Waals surface area contributed by atoms with Crippen LogP contribution in [0.25, 0.3) is 0 Å². The van der Waals surface area contributed by atoms with Crippen molar-refractivity contribution >= 4 is 33.3 Å². The first-order chi connectivity index (χ1) is 16.4. The standard InChI is InChI=1S/C24H28ClN5O3S/c25-23-10-7-21(31)15-19(23)4-3-18-16-26-24(27-17-18)29-20-5-8-22(9-6-20)34(32,33)28-11-14-30-12-1-2-13-30/h5-10,15-17,28,31H,1-4,11-14H2,(H,26,27,29). The summed E-state index contributed by atoms with van der Waals surface area (Å²) in [6, 6.07) is 11.4. The van der Waals surface area contributed by atoms with Crippen LogP contribution in [-0.2, 0) is 22.9 Å². The highest BCUT2D eigenvalue weighted by molar-refractivity contribution is 7.89. The molecule has 0 radical (unpaired) electrons. The van der Waals surface area contributed by atoms with Gasteiger partial charge in [-0.15, -0.1) is 0 Å². The zero-order valence-corrected chi connectivity index (χ0v) is 20.3. The number of benzene rings is 2. The summed E-state index contributed by atoms with van der Waals surface area (Å²) in [6.07, 6.45) is 7.17. The predicted octanol–water partition coefficient (Wildman–Crippen LogP) is 3.74. The van der Waals surface area contributed by atoms with E-state index < -0.39 is 10.0 Å². The third-order valence-corrected chi connectivity index (χ3v) is 7.60. The lowest BCUT2D eigenvalue weighted by atomic mass is 10.1. The Morgan fingerprint density at radius 3 is 2.41 bits per heavy atom. The van der Waals surface area contributed by atoms with E-state index >= 15 is 0 Å². The second-order valence-electron chi connectivity index (χ2n) is 8.29. The molecule has 0 unspecified atom stereocenters. The normalized spacial score (nSPS) is 14.4. The fourth-order valence-electron chi connectivity index (χ4n) is 3.85. The second kappa shape index (κ2) is 11.1. The summed E-state index contributed by atoms with van der Waals surface area (Å²) < 4.78 is 27.7. The van der Waals surface area contributed by atoms with Crippen molar-refractivity contribution in [2.24, 2.45) is 0 Å². The van der Waals surface area contributed by atoms with E-state index in [1.54, 1.807) is 54.9 Å². The van der Waals surface area contributed by atoms with Crippen molar-refractivity contribution in [1.82, 2.24) is 19.6 Å². The number of anilines is 2. The van der Waals surface area contributed by atoms with Crippen LogP contribution in [0.5, 0.6) is 5.75 Å². The zero-order chi connectivity index (χ0) is 24.0. The number of sulfonamides is 1. The lowest BCUT2D eigenvalue weighted by Gasteiger charge is -2.15. The number of aryl methyl sites for hydroxylation is 2. The van der Waals surface area contributed by atoms with E-state index in [9.17, 15) is 13.5 Å². The average Bonchev–Trinajstić information content (AvgIpc) is 3.34. The van der Waals surface area contributed by atoms with Gasteiger partial charge in [0.1, 0.15) is 5.75 Å². The van der Waals surface area contributed by atoms with Crippen LogP contribution in [0, 0.1) is 0 Å². The van der Waals surface area contributed by atoms with Crippen LogP contribution < -0.4 is 10.0 Å². The number of aromatic hydroxyl groups is 1. The first-order valence-electron chi connectivity index (χ1n) is 11.3. The fourth-order valence-corrected chi connectivity index (χ4v) is 5.09. The molecule has 1 saturated heterocycles. The van der Waals surface area contributed by atoms with Crippen molar-refractivity contribution in [1.29, 1.82) is 0 Å². The van der Waals surface area contributed by atoms with Crippen molar-refractivity contribution in [3.05, 3.63) is 71.0 Å². The van der Waals surface area contributed by atoms with Gasteiger partial charge in [0.15, 0.2) is 0 Å². The summed E-state index contributed by atoms with van der Waals surface area (Å²) in [7, 11) is -3.54. The molecule has 3 N–H and O–H groups in total. The summed E-state index contributed by atoms with van der Waals surface area (Å²) in [6.45, 7) is 3.21. The molecule has 2 heterocycles. The minimum atomic E-state index is -3.54. The van der Waals surface area contributed by atoms with E-state index in [1.807, 2.05) is 0 Å². The van der Waals surface area contributed by atoms with Gasteiger partial charge in [0, 0.05) is 36.2 Å². The molecular weight excluding hydrogens is 474 g/mol. The monoisotopic (exact) mass is 501 g/mol. The topological polar surface area (TPSA) is 107 Å². The molecule has 3 aromatic rings. The predicted molar refractivity (Wildman–Crippen MR) is 133 cm³/mol. The number of hydrogen-bond donors (Lipinski definition) is 3. The van der Waals surface area contributed by atoms with Crippen LogP contribution in [0.3, 0.4) is 0 Å². The molecule has 1 aliphatic heterocycles. The van der Waals surface area contributed by atoms with E-state index in [1.165, 1.54) is 12.8 Å². The Hall–Kier alpha value is -2.72. The van der Waals surface area contributed by atoms with Gasteiger partial charge in [-0.2, -0.15) is 0 Å². The first kappa shape index (κ1) is 24.4. The third kappa shape index (κ3) is 6.66. The van der Waals surface area contributed by atoms with Crippen LogP contribution in [-0.4, -0.2) is 54.6 Å². The molecule has 4 rings (SSSR count). The minimum absolute atomic E-state index is 0.187. The molecule has 0 bridgehead atoms. The van der Waals surface area contributed by atoms with E-state index in [-0.39, 0.29) is 10.6 Å². The van der Waals surface area contributed by atoms with Gasteiger partial charge in [-0.3, -0.25) is 0 Å². The van der Waals surface area contributed by atoms with Gasteiger partial charge >= 0.3 is 0 Å². The third-order valence-electron chi connectivity index (χ3n) is 5.76. The van der Waals surface area contributed by atoms with E-state index in [0.717, 1.165) is 30.8 Å². The number of nitrogens with zero attached hydrogens (tertiary/aromatic N) is 3. The lowest BCUT2D eigenvalue weighted by Crippen LogP contribution is -2.33. The molecule has 0 atom stereocenters. The number of rotatable bonds is 10. The molecule has 1 aliphatic rings.